The minimum Gasteiger partial charge on any atom is -0.313 e. The van der Waals surface area contributed by atoms with Crippen LogP contribution in [0.15, 0.2) is 0 Å². The first-order valence-electron chi connectivity index (χ1n) is 7.69. The summed E-state index contributed by atoms with van der Waals surface area (Å²) in [7, 11) is 0. The van der Waals surface area contributed by atoms with E-state index >= 15 is 0 Å². The molecule has 0 aromatic rings. The van der Waals surface area contributed by atoms with Gasteiger partial charge in [-0.25, -0.2) is 0 Å². The van der Waals surface area contributed by atoms with Gasteiger partial charge in [-0.2, -0.15) is 0 Å². The van der Waals surface area contributed by atoms with Crippen LogP contribution in [0.3, 0.4) is 0 Å². The van der Waals surface area contributed by atoms with Crippen molar-refractivity contribution >= 4 is 0 Å². The van der Waals surface area contributed by atoms with Gasteiger partial charge in [0.2, 0.25) is 0 Å². The molecule has 1 N–H and O–H groups in total. The summed E-state index contributed by atoms with van der Waals surface area (Å²) in [5.74, 6) is 2.24. The van der Waals surface area contributed by atoms with Gasteiger partial charge >= 0.3 is 0 Å². The molecule has 3 fully saturated rings. The number of nitrogens with one attached hydrogen (secondary N) is 1. The summed E-state index contributed by atoms with van der Waals surface area (Å²) in [6.45, 7) is 8.50. The van der Waals surface area contributed by atoms with Crippen LogP contribution in [-0.2, 0) is 0 Å². The molecule has 98 valence electrons. The highest BCUT2D eigenvalue weighted by molar-refractivity contribution is 5.05. The molecule has 0 saturated heterocycles. The fourth-order valence-corrected chi connectivity index (χ4v) is 3.73. The summed E-state index contributed by atoms with van der Waals surface area (Å²) in [6.07, 6.45) is 10.4. The highest BCUT2D eigenvalue weighted by Crippen LogP contribution is 2.61. The van der Waals surface area contributed by atoms with Gasteiger partial charge in [-0.15, -0.1) is 0 Å². The Bertz CT molecular complexity index is 274. The molecule has 0 aliphatic heterocycles. The van der Waals surface area contributed by atoms with Crippen LogP contribution in [0.2, 0.25) is 0 Å². The van der Waals surface area contributed by atoms with Crippen LogP contribution >= 0.6 is 0 Å². The predicted octanol–water partition coefficient (Wildman–Crippen LogP) is 3.98. The molecule has 0 bridgehead atoms. The highest BCUT2D eigenvalue weighted by Gasteiger charge is 2.53. The molecule has 3 aliphatic rings. The Morgan fingerprint density at radius 2 is 1.76 bits per heavy atom. The van der Waals surface area contributed by atoms with Gasteiger partial charge in [-0.05, 0) is 67.6 Å². The number of hydrogen-bond acceptors (Lipinski definition) is 1. The van der Waals surface area contributed by atoms with Gasteiger partial charge in [-0.1, -0.05) is 20.8 Å². The Labute approximate surface area is 107 Å². The van der Waals surface area contributed by atoms with Crippen LogP contribution in [0, 0.1) is 22.7 Å². The molecule has 2 atom stereocenters. The molecule has 2 unspecified atom stereocenters. The predicted molar refractivity (Wildman–Crippen MR) is 73.0 cm³/mol. The number of hydrogen-bond donors (Lipinski definition) is 1. The normalized spacial score (nSPS) is 40.4. The van der Waals surface area contributed by atoms with Crippen molar-refractivity contribution in [2.24, 2.45) is 22.7 Å². The lowest BCUT2D eigenvalue weighted by atomic mass is 9.74. The smallest absolute Gasteiger partial charge is 0.00684 e. The zero-order chi connectivity index (χ0) is 12.1. The van der Waals surface area contributed by atoms with Gasteiger partial charge < -0.3 is 5.32 Å². The maximum atomic E-state index is 3.82. The molecule has 1 heteroatoms. The minimum atomic E-state index is 0.513. The zero-order valence-electron chi connectivity index (χ0n) is 11.9. The lowest BCUT2D eigenvalue weighted by Crippen LogP contribution is -2.35. The molecule has 0 aromatic heterocycles. The molecule has 1 nitrogen and oxygen atoms in total. The molecule has 0 radical (unpaired) electrons. The molecule has 3 rings (SSSR count). The molecule has 17 heavy (non-hydrogen) atoms. The van der Waals surface area contributed by atoms with E-state index in [1.165, 1.54) is 45.1 Å². The average Bonchev–Trinajstić information content (AvgIpc) is 3.14. The Balaban J connectivity index is 1.55. The number of fused-ring (bicyclic) bond motifs is 1. The van der Waals surface area contributed by atoms with Crippen molar-refractivity contribution in [3.63, 3.8) is 0 Å². The summed E-state index contributed by atoms with van der Waals surface area (Å²) in [6, 6.07) is 0.887. The molecular weight excluding hydrogens is 206 g/mol. The summed E-state index contributed by atoms with van der Waals surface area (Å²) < 4.78 is 0. The Kier molecular flexibility index (Phi) is 2.81. The topological polar surface area (TPSA) is 12.0 Å². The molecular formula is C16H29N. The molecule has 0 amide bonds. The van der Waals surface area contributed by atoms with Gasteiger partial charge in [0.15, 0.2) is 0 Å². The van der Waals surface area contributed by atoms with E-state index in [1.54, 1.807) is 6.42 Å². The maximum Gasteiger partial charge on any atom is 0.00684 e. The average molecular weight is 235 g/mol. The van der Waals surface area contributed by atoms with Crippen molar-refractivity contribution < 1.29 is 0 Å². The van der Waals surface area contributed by atoms with Crippen molar-refractivity contribution in [2.75, 3.05) is 6.54 Å². The van der Waals surface area contributed by atoms with E-state index in [0.29, 0.717) is 10.8 Å². The highest BCUT2D eigenvalue weighted by atomic mass is 15.0. The third-order valence-corrected chi connectivity index (χ3v) is 5.21. The fraction of sp³-hybridized carbons (Fsp3) is 1.00. The van der Waals surface area contributed by atoms with E-state index in [0.717, 1.165) is 17.9 Å². The van der Waals surface area contributed by atoms with E-state index in [2.05, 4.69) is 26.1 Å². The van der Waals surface area contributed by atoms with Crippen LogP contribution in [0.1, 0.15) is 65.7 Å². The van der Waals surface area contributed by atoms with Crippen molar-refractivity contribution in [3.8, 4) is 0 Å². The van der Waals surface area contributed by atoms with Gasteiger partial charge in [0.05, 0.1) is 0 Å². The van der Waals surface area contributed by atoms with Crippen LogP contribution in [-0.4, -0.2) is 12.6 Å². The Hall–Kier alpha value is -0.0400. The number of rotatable bonds is 5. The standard InChI is InChI=1S/C16H29N/c1-15(2,3)6-7-16(11-17-14-4-5-14)9-12-8-13(12)10-16/h12-14,17H,4-11H2,1-3H3. The second-order valence-corrected chi connectivity index (χ2v) is 8.38. The minimum absolute atomic E-state index is 0.513. The van der Waals surface area contributed by atoms with E-state index in [4.69, 9.17) is 0 Å². The van der Waals surface area contributed by atoms with Gasteiger partial charge in [0.1, 0.15) is 0 Å². The Morgan fingerprint density at radius 1 is 1.12 bits per heavy atom. The van der Waals surface area contributed by atoms with Crippen LogP contribution in [0.5, 0.6) is 0 Å². The second kappa shape index (κ2) is 3.98. The Morgan fingerprint density at radius 3 is 2.29 bits per heavy atom. The molecule has 0 spiro atoms. The van der Waals surface area contributed by atoms with E-state index < -0.39 is 0 Å². The summed E-state index contributed by atoms with van der Waals surface area (Å²) >= 11 is 0. The van der Waals surface area contributed by atoms with Gasteiger partial charge in [0.25, 0.3) is 0 Å². The van der Waals surface area contributed by atoms with Crippen LogP contribution < -0.4 is 5.32 Å². The summed E-state index contributed by atoms with van der Waals surface area (Å²) in [5.41, 5.74) is 1.20. The van der Waals surface area contributed by atoms with Gasteiger partial charge in [0, 0.05) is 12.6 Å². The van der Waals surface area contributed by atoms with Crippen LogP contribution in [0.25, 0.3) is 0 Å². The monoisotopic (exact) mass is 235 g/mol. The van der Waals surface area contributed by atoms with E-state index in [1.807, 2.05) is 0 Å². The second-order valence-electron chi connectivity index (χ2n) is 8.38. The molecule has 0 aromatic carbocycles. The van der Waals surface area contributed by atoms with Crippen molar-refractivity contribution in [2.45, 2.75) is 71.8 Å². The third-order valence-electron chi connectivity index (χ3n) is 5.21. The molecule has 3 aliphatic carbocycles. The first-order valence-corrected chi connectivity index (χ1v) is 7.69. The molecule has 0 heterocycles. The fourth-order valence-electron chi connectivity index (χ4n) is 3.73. The lowest BCUT2D eigenvalue weighted by molar-refractivity contribution is 0.190. The van der Waals surface area contributed by atoms with Crippen molar-refractivity contribution in [3.05, 3.63) is 0 Å². The molecule has 3 saturated carbocycles. The quantitative estimate of drug-likeness (QED) is 0.760. The first-order chi connectivity index (χ1) is 7.96. The van der Waals surface area contributed by atoms with Crippen molar-refractivity contribution in [1.29, 1.82) is 0 Å². The largest absolute Gasteiger partial charge is 0.313 e. The van der Waals surface area contributed by atoms with Crippen molar-refractivity contribution in [1.82, 2.24) is 5.32 Å². The van der Waals surface area contributed by atoms with Gasteiger partial charge in [-0.3, -0.25) is 0 Å². The first kappa shape index (κ1) is 12.0. The van der Waals surface area contributed by atoms with Crippen LogP contribution in [0.4, 0.5) is 0 Å². The SMILES string of the molecule is CC(C)(C)CCC1(CNC2CC2)CC2CC2C1. The lowest BCUT2D eigenvalue weighted by Gasteiger charge is -2.34. The summed E-state index contributed by atoms with van der Waals surface area (Å²) in [4.78, 5) is 0. The maximum absolute atomic E-state index is 3.82. The zero-order valence-corrected chi connectivity index (χ0v) is 11.9. The van der Waals surface area contributed by atoms with E-state index in [-0.39, 0.29) is 0 Å². The van der Waals surface area contributed by atoms with E-state index in [9.17, 15) is 0 Å². The summed E-state index contributed by atoms with van der Waals surface area (Å²) in [5, 5.41) is 3.82. The third kappa shape index (κ3) is 3.05.